The number of carbonyl (C=O) groups is 1. The van der Waals surface area contributed by atoms with E-state index in [-0.39, 0.29) is 24.2 Å². The summed E-state index contributed by atoms with van der Waals surface area (Å²) in [6, 6.07) is 5.97. The highest BCUT2D eigenvalue weighted by atomic mass is 35.5. The summed E-state index contributed by atoms with van der Waals surface area (Å²) in [5.41, 5.74) is -0.00113. The van der Waals surface area contributed by atoms with Gasteiger partial charge in [-0.15, -0.1) is 0 Å². The first-order valence-corrected chi connectivity index (χ1v) is 8.46. The van der Waals surface area contributed by atoms with E-state index in [1.807, 2.05) is 0 Å². The Labute approximate surface area is 157 Å². The molecule has 0 spiro atoms. The number of aromatic nitrogens is 3. The molecule has 0 saturated carbocycles. The van der Waals surface area contributed by atoms with Gasteiger partial charge in [-0.2, -0.15) is 18.3 Å². The summed E-state index contributed by atoms with van der Waals surface area (Å²) in [7, 11) is 0. The van der Waals surface area contributed by atoms with Crippen molar-refractivity contribution < 1.29 is 22.7 Å². The maximum absolute atomic E-state index is 13.6. The Morgan fingerprint density at radius 2 is 1.93 bits per heavy atom. The van der Waals surface area contributed by atoms with E-state index >= 15 is 0 Å². The predicted octanol–water partition coefficient (Wildman–Crippen LogP) is 4.48. The smallest absolute Gasteiger partial charge is 0.435 e. The maximum Gasteiger partial charge on any atom is 0.435 e. The summed E-state index contributed by atoms with van der Waals surface area (Å²) in [6.45, 7) is 3.48. The fourth-order valence-corrected chi connectivity index (χ4v) is 2.88. The number of halogens is 4. The van der Waals surface area contributed by atoms with Crippen LogP contribution in [0.5, 0.6) is 0 Å². The standard InChI is InChI=1S/C18H15ClF3N3O2/c1-3-27-14(26)8-12-9-23-17-15(11-4-6-13(19)7-5-11)16(18(20,21)22)24-25(17)10(12)2/h4-7,9H,3,8H2,1-2H3. The number of carbonyl (C=O) groups excluding carboxylic acids is 1. The number of rotatable bonds is 4. The molecule has 27 heavy (non-hydrogen) atoms. The van der Waals surface area contributed by atoms with Crippen molar-refractivity contribution in [3.63, 3.8) is 0 Å². The van der Waals surface area contributed by atoms with Crippen LogP contribution in [0.3, 0.4) is 0 Å². The van der Waals surface area contributed by atoms with Crippen molar-refractivity contribution in [2.75, 3.05) is 6.61 Å². The molecule has 0 amide bonds. The van der Waals surface area contributed by atoms with Gasteiger partial charge >= 0.3 is 12.1 Å². The van der Waals surface area contributed by atoms with Crippen LogP contribution in [0.15, 0.2) is 30.5 Å². The number of hydrogen-bond donors (Lipinski definition) is 0. The zero-order valence-corrected chi connectivity index (χ0v) is 15.2. The molecule has 142 valence electrons. The van der Waals surface area contributed by atoms with Crippen LogP contribution in [0, 0.1) is 6.92 Å². The Hall–Kier alpha value is -2.61. The highest BCUT2D eigenvalue weighted by Gasteiger charge is 2.39. The second-order valence-electron chi connectivity index (χ2n) is 5.81. The molecule has 0 aliphatic carbocycles. The van der Waals surface area contributed by atoms with E-state index in [9.17, 15) is 18.0 Å². The van der Waals surface area contributed by atoms with E-state index in [2.05, 4.69) is 10.1 Å². The molecule has 3 rings (SSSR count). The van der Waals surface area contributed by atoms with E-state index in [0.717, 1.165) is 4.52 Å². The molecule has 0 unspecified atom stereocenters. The molecular weight excluding hydrogens is 383 g/mol. The predicted molar refractivity (Wildman–Crippen MR) is 93.5 cm³/mol. The molecule has 0 aliphatic heterocycles. The molecule has 0 saturated heterocycles. The summed E-state index contributed by atoms with van der Waals surface area (Å²) >= 11 is 5.84. The summed E-state index contributed by atoms with van der Waals surface area (Å²) in [6.07, 6.45) is -3.39. The number of alkyl halides is 3. The van der Waals surface area contributed by atoms with Crippen LogP contribution in [0.1, 0.15) is 23.9 Å². The molecule has 9 heteroatoms. The van der Waals surface area contributed by atoms with Crippen LogP contribution in [-0.4, -0.2) is 27.2 Å². The first-order chi connectivity index (χ1) is 12.7. The third kappa shape index (κ3) is 3.75. The minimum atomic E-state index is -4.67. The SMILES string of the molecule is CCOC(=O)Cc1cnc2c(-c3ccc(Cl)cc3)c(C(F)(F)F)nn2c1C. The molecule has 2 heterocycles. The molecule has 2 aromatic heterocycles. The van der Waals surface area contributed by atoms with Crippen molar-refractivity contribution >= 4 is 23.2 Å². The number of esters is 1. The number of hydrogen-bond acceptors (Lipinski definition) is 4. The van der Waals surface area contributed by atoms with E-state index < -0.39 is 17.8 Å². The van der Waals surface area contributed by atoms with Crippen molar-refractivity contribution in [2.24, 2.45) is 0 Å². The zero-order chi connectivity index (χ0) is 19.8. The Kier molecular flexibility index (Phi) is 5.10. The van der Waals surface area contributed by atoms with Gasteiger partial charge in [0.05, 0.1) is 18.6 Å². The lowest BCUT2D eigenvalue weighted by atomic mass is 10.1. The summed E-state index contributed by atoms with van der Waals surface area (Å²) in [4.78, 5) is 15.9. The van der Waals surface area contributed by atoms with E-state index in [1.165, 1.54) is 30.5 Å². The quantitative estimate of drug-likeness (QED) is 0.609. The van der Waals surface area contributed by atoms with Gasteiger partial charge in [-0.3, -0.25) is 4.79 Å². The monoisotopic (exact) mass is 397 g/mol. The molecule has 0 aliphatic rings. The lowest BCUT2D eigenvalue weighted by Gasteiger charge is -2.08. The van der Waals surface area contributed by atoms with Gasteiger partial charge in [-0.05, 0) is 31.5 Å². The van der Waals surface area contributed by atoms with Crippen molar-refractivity contribution in [1.29, 1.82) is 0 Å². The molecule has 3 aromatic rings. The van der Waals surface area contributed by atoms with Crippen molar-refractivity contribution in [2.45, 2.75) is 26.4 Å². The van der Waals surface area contributed by atoms with Gasteiger partial charge in [0.1, 0.15) is 0 Å². The maximum atomic E-state index is 13.6. The van der Waals surface area contributed by atoms with E-state index in [4.69, 9.17) is 16.3 Å². The molecule has 0 bridgehead atoms. The Balaban J connectivity index is 2.20. The van der Waals surface area contributed by atoms with Gasteiger partial charge in [0, 0.05) is 22.5 Å². The van der Waals surface area contributed by atoms with Crippen LogP contribution in [-0.2, 0) is 22.1 Å². The van der Waals surface area contributed by atoms with Crippen molar-refractivity contribution in [3.05, 3.63) is 52.4 Å². The van der Waals surface area contributed by atoms with Gasteiger partial charge in [-0.25, -0.2) is 9.50 Å². The normalized spacial score (nSPS) is 11.8. The fourth-order valence-electron chi connectivity index (χ4n) is 2.75. The lowest BCUT2D eigenvalue weighted by molar-refractivity contribution is -0.142. The average Bonchev–Trinajstić information content (AvgIpc) is 2.99. The highest BCUT2D eigenvalue weighted by molar-refractivity contribution is 6.30. The number of ether oxygens (including phenoxy) is 1. The Morgan fingerprint density at radius 1 is 1.26 bits per heavy atom. The molecule has 5 nitrogen and oxygen atoms in total. The third-order valence-corrected chi connectivity index (χ3v) is 4.28. The van der Waals surface area contributed by atoms with Crippen LogP contribution >= 0.6 is 11.6 Å². The number of benzene rings is 1. The second kappa shape index (κ2) is 7.19. The molecular formula is C18H15ClF3N3O2. The summed E-state index contributed by atoms with van der Waals surface area (Å²) in [5.74, 6) is -0.483. The average molecular weight is 398 g/mol. The largest absolute Gasteiger partial charge is 0.466 e. The van der Waals surface area contributed by atoms with E-state index in [1.54, 1.807) is 13.8 Å². The lowest BCUT2D eigenvalue weighted by Crippen LogP contribution is -2.11. The van der Waals surface area contributed by atoms with Gasteiger partial charge in [-0.1, -0.05) is 23.7 Å². The molecule has 0 radical (unpaired) electrons. The topological polar surface area (TPSA) is 56.5 Å². The molecule has 1 aromatic carbocycles. The van der Waals surface area contributed by atoms with Gasteiger partial charge in [0.2, 0.25) is 0 Å². The van der Waals surface area contributed by atoms with Gasteiger partial charge in [0.25, 0.3) is 0 Å². The van der Waals surface area contributed by atoms with E-state index in [0.29, 0.717) is 21.8 Å². The number of fused-ring (bicyclic) bond motifs is 1. The highest BCUT2D eigenvalue weighted by Crippen LogP contribution is 2.39. The van der Waals surface area contributed by atoms with Gasteiger partial charge in [0.15, 0.2) is 11.3 Å². The van der Waals surface area contributed by atoms with Crippen LogP contribution < -0.4 is 0 Å². The van der Waals surface area contributed by atoms with Crippen LogP contribution in [0.2, 0.25) is 5.02 Å². The minimum absolute atomic E-state index is 0.0507. The Bertz CT molecular complexity index is 998. The first kappa shape index (κ1) is 19.2. The van der Waals surface area contributed by atoms with Crippen molar-refractivity contribution in [1.82, 2.24) is 14.6 Å². The summed E-state index contributed by atoms with van der Waals surface area (Å²) in [5, 5.41) is 4.15. The third-order valence-electron chi connectivity index (χ3n) is 4.03. The first-order valence-electron chi connectivity index (χ1n) is 8.08. The summed E-state index contributed by atoms with van der Waals surface area (Å²) < 4.78 is 46.8. The zero-order valence-electron chi connectivity index (χ0n) is 14.5. The number of aryl methyl sites for hydroxylation is 1. The van der Waals surface area contributed by atoms with Crippen molar-refractivity contribution in [3.8, 4) is 11.1 Å². The molecule has 0 atom stereocenters. The van der Waals surface area contributed by atoms with Gasteiger partial charge < -0.3 is 4.74 Å². The molecule has 0 fully saturated rings. The second-order valence-corrected chi connectivity index (χ2v) is 6.25. The number of nitrogens with zero attached hydrogens (tertiary/aromatic N) is 3. The minimum Gasteiger partial charge on any atom is -0.466 e. The van der Waals surface area contributed by atoms with Crippen LogP contribution in [0.25, 0.3) is 16.8 Å². The van der Waals surface area contributed by atoms with Crippen LogP contribution in [0.4, 0.5) is 13.2 Å². The fraction of sp³-hybridized carbons (Fsp3) is 0.278. The molecule has 0 N–H and O–H groups in total. The Morgan fingerprint density at radius 3 is 2.52 bits per heavy atom.